The molecule has 2 saturated heterocycles. The Kier molecular flexibility index (Phi) is 53.4. The molecule has 1 aromatic rings. The first-order chi connectivity index (χ1) is 64.1. The van der Waals surface area contributed by atoms with E-state index in [-0.39, 0.29) is 108 Å². The molecule has 19 atom stereocenters. The number of carbonyl (C=O) groups is 19. The van der Waals surface area contributed by atoms with Crippen molar-refractivity contribution in [2.75, 3.05) is 59.0 Å². The van der Waals surface area contributed by atoms with E-state index in [2.05, 4.69) is 84.1 Å². The van der Waals surface area contributed by atoms with Gasteiger partial charge in [0.15, 0.2) is 5.96 Å². The number of hydrogen-bond acceptors (Lipinski definition) is 31. The van der Waals surface area contributed by atoms with Crippen LogP contribution in [0.1, 0.15) is 182 Å². The molecule has 0 unspecified atom stereocenters. The third-order valence-electron chi connectivity index (χ3n) is 21.8. The number of aromatic amines is 1. The summed E-state index contributed by atoms with van der Waals surface area (Å²) < 4.78 is 17.2. The number of likely N-dealkylation sites (tertiary alicyclic amines) is 1. The van der Waals surface area contributed by atoms with Crippen LogP contribution in [-0.2, 0) is 107 Å². The van der Waals surface area contributed by atoms with E-state index in [9.17, 15) is 131 Å². The van der Waals surface area contributed by atoms with Crippen LogP contribution in [0.15, 0.2) is 17.5 Å². The van der Waals surface area contributed by atoms with E-state index in [1.54, 1.807) is 0 Å². The number of aliphatic hydroxyl groups excluding tert-OH is 3. The minimum absolute atomic E-state index is 0.00283. The zero-order valence-corrected chi connectivity index (χ0v) is 78.1. The highest BCUT2D eigenvalue weighted by Crippen LogP contribution is 2.38. The molecule has 1 aromatic heterocycles. The number of aliphatic imine (C=N–C) groups is 1. The summed E-state index contributed by atoms with van der Waals surface area (Å²) in [5.41, 5.74) is 40.1. The number of carboxylic acid groups (broad SMARTS) is 2. The molecule has 0 spiro atoms. The highest BCUT2D eigenvalue weighted by molar-refractivity contribution is 7.46. The summed E-state index contributed by atoms with van der Waals surface area (Å²) in [5.74, 6) is -22.9. The summed E-state index contributed by atoms with van der Waals surface area (Å²) in [6.45, 7) is 5.98. The Morgan fingerprint density at radius 1 is 0.478 bits per heavy atom. The van der Waals surface area contributed by atoms with Crippen molar-refractivity contribution >= 4 is 126 Å². The Hall–Kier alpha value is -11.8. The fourth-order valence-electron chi connectivity index (χ4n) is 14.2. The third-order valence-corrected chi connectivity index (χ3v) is 22.4. The molecule has 3 heterocycles. The lowest BCUT2D eigenvalue weighted by atomic mass is 10.00. The number of nitrogens with one attached hydrogen (secondary N) is 17. The molecular formula is C80H140N27O28P. The molecule has 0 aliphatic carbocycles. The molecule has 17 amide bonds. The molecule has 3 rings (SSSR count). The maximum Gasteiger partial charge on any atom is 0.469 e. The van der Waals surface area contributed by atoms with Crippen molar-refractivity contribution in [1.29, 1.82) is 0 Å². The van der Waals surface area contributed by atoms with Gasteiger partial charge in [0.2, 0.25) is 100 Å². The van der Waals surface area contributed by atoms with Crippen molar-refractivity contribution in [2.45, 2.75) is 298 Å². The van der Waals surface area contributed by atoms with Gasteiger partial charge in [-0.15, -0.1) is 0 Å². The molecule has 2 aliphatic rings. The molecule has 38 N–H and O–H groups in total. The van der Waals surface area contributed by atoms with Crippen LogP contribution < -0.4 is 125 Å². The van der Waals surface area contributed by atoms with Crippen molar-refractivity contribution < 1.29 is 136 Å². The highest BCUT2D eigenvalue weighted by atomic mass is 31.2. The maximum atomic E-state index is 14.8. The van der Waals surface area contributed by atoms with Gasteiger partial charge in [-0.2, -0.15) is 0 Å². The maximum absolute atomic E-state index is 14.8. The Labute approximate surface area is 784 Å². The van der Waals surface area contributed by atoms with Crippen molar-refractivity contribution in [3.8, 4) is 0 Å². The van der Waals surface area contributed by atoms with Crippen LogP contribution in [0, 0.1) is 5.92 Å². The number of nitrogens with two attached hydrogens (primary N) is 7. The number of rotatable bonds is 66. The van der Waals surface area contributed by atoms with E-state index in [1.165, 1.54) is 31.3 Å². The Bertz CT molecular complexity index is 4220. The lowest BCUT2D eigenvalue weighted by Crippen LogP contribution is -2.63. The van der Waals surface area contributed by atoms with Crippen molar-refractivity contribution in [1.82, 2.24) is 99.9 Å². The number of phosphoric ester groups is 1. The number of phosphoric acid groups is 1. The third kappa shape index (κ3) is 42.6. The fraction of sp³-hybridized carbons (Fsp3) is 0.713. The van der Waals surface area contributed by atoms with Crippen LogP contribution in [0.2, 0.25) is 0 Å². The number of nitrogens with zero attached hydrogens (tertiary/aromatic N) is 3. The first-order valence-corrected chi connectivity index (χ1v) is 46.5. The van der Waals surface area contributed by atoms with Crippen LogP contribution in [0.4, 0.5) is 0 Å². The second-order valence-corrected chi connectivity index (χ2v) is 34.5. The van der Waals surface area contributed by atoms with E-state index < -0.39 is 274 Å². The highest BCUT2D eigenvalue weighted by Gasteiger charge is 2.44. The van der Waals surface area contributed by atoms with Gasteiger partial charge in [-0.05, 0) is 188 Å². The van der Waals surface area contributed by atoms with Gasteiger partial charge in [0.1, 0.15) is 96.7 Å². The monoisotopic (exact) mass is 1960 g/mol. The topological polar surface area (TPSA) is 911 Å². The zero-order valence-electron chi connectivity index (χ0n) is 77.2. The smallest absolute Gasteiger partial charge is 0.469 e. The molecule has 0 aromatic carbocycles. The van der Waals surface area contributed by atoms with E-state index in [0.717, 1.165) is 34.1 Å². The number of guanidine groups is 1. The number of H-pyrrole nitrogens is 1. The summed E-state index contributed by atoms with van der Waals surface area (Å²) in [6.07, 6.45) is 0.180. The molecule has 0 bridgehead atoms. The number of aliphatic hydroxyl groups is 3. The van der Waals surface area contributed by atoms with Gasteiger partial charge < -0.3 is 170 Å². The van der Waals surface area contributed by atoms with Gasteiger partial charge in [0.25, 0.3) is 0 Å². The lowest BCUT2D eigenvalue weighted by Gasteiger charge is -2.30. The number of carbonyl (C=O) groups excluding carboxylic acids is 17. The molecule has 2 aliphatic heterocycles. The SMILES string of the molecule is CC(C)[C@H](NC(=O)[C@H](CCCCN)NC(=O)[C@H](CCCN=C(N)N)NC(=O)[C@H](CCCCN)NC(=O)[C@H](CCCCN)NC(=O)[C@H](CCCCN)NC(=O)[C@@H]1CCCN1C(=O)[C@@H]1CCCN1)C(=O)N[C@H](C(=O)N[C@@H](C)C(=O)N[C@H](C(=O)N[C@@H](C)C(=O)N[C@@H](CC(=O)O)C(=O)N[C@@H](CO)C(=O)N[C@@H](CCC(N)=O)C(=O)N[C@@H](Cc1cnc[nH]1)C(=O)N[C@@H](CO)C(=O)O)[C@@H](C)O)[C@@H](C)OP(=O)(O)O. The summed E-state index contributed by atoms with van der Waals surface area (Å²) in [6, 6.07) is -27.7. The average Bonchev–Trinajstić information content (AvgIpc) is 1.68. The normalized spacial score (nSPS) is 17.3. The van der Waals surface area contributed by atoms with Crippen molar-refractivity contribution in [2.24, 2.45) is 51.0 Å². The number of hydrogen-bond donors (Lipinski definition) is 31. The first kappa shape index (κ1) is 118. The molecule has 56 heteroatoms. The van der Waals surface area contributed by atoms with Crippen molar-refractivity contribution in [3.05, 3.63) is 18.2 Å². The predicted molar refractivity (Wildman–Crippen MR) is 481 cm³/mol. The number of unbranched alkanes of at least 4 members (excludes halogenated alkanes) is 4. The Morgan fingerprint density at radius 2 is 0.875 bits per heavy atom. The van der Waals surface area contributed by atoms with Crippen molar-refractivity contribution in [3.63, 3.8) is 0 Å². The predicted octanol–water partition coefficient (Wildman–Crippen LogP) is -12.1. The number of amides is 17. The summed E-state index contributed by atoms with van der Waals surface area (Å²) in [5, 5.41) is 88.3. The van der Waals surface area contributed by atoms with E-state index >= 15 is 0 Å². The number of primary amides is 1. The largest absolute Gasteiger partial charge is 0.481 e. The summed E-state index contributed by atoms with van der Waals surface area (Å²) in [4.78, 5) is 293. The van der Waals surface area contributed by atoms with E-state index in [1.807, 2.05) is 16.0 Å². The standard InChI is InChI=1S/C80H140N27O28P/c1-40(2)60(104-70(121)49(21-10-14-30-84)96-68(119)50(22-15-32-90-80(86)87)97-66(117)47(19-8-12-28-82)94-65(116)46(18-7-11-27-81)95-67(118)48(20-9-13-29-83)99-74(125)57-24-17-33-107(57)78(129)52-23-16-31-89-52)75(126)106-62(44(6)135-136(132,133)134)77(128)93-42(4)64(115)105-61(43(5)110)76(127)92-41(3)63(114)100-54(35-59(112)113)72(123)102-55(37-108)73(124)98-51(25-26-58(85)111)69(120)101-53(34-45-36-88-39-91-45)71(122)103-56(38-109)79(130)131/h36,39-44,46-57,60-62,89,108-110H,7-35,37-38,81-84H2,1-6H3,(H2,85,111)(H,88,91)(H,92,127)(H,93,128)(H,94,116)(H,95,118)(H,96,119)(H,97,117)(H,98,124)(H,99,125)(H,100,114)(H,101,120)(H,102,123)(H,103,122)(H,104,121)(H,105,115)(H,106,126)(H,112,113)(H,130,131)(H4,86,87,90)(H2,132,133,134)/t41-,42-,43+,44+,46-,47-,48-,49-,50-,51-,52-,53-,54-,55-,56-,57-,60-,61-,62-/m0/s1. The van der Waals surface area contributed by atoms with Crippen LogP contribution in [0.25, 0.3) is 0 Å². The molecule has 768 valence electrons. The zero-order chi connectivity index (χ0) is 102. The van der Waals surface area contributed by atoms with Gasteiger partial charge in [-0.3, -0.25) is 95.8 Å². The minimum atomic E-state index is -5.57. The van der Waals surface area contributed by atoms with E-state index in [0.29, 0.717) is 64.5 Å². The Morgan fingerprint density at radius 3 is 1.29 bits per heavy atom. The number of aliphatic carboxylic acids is 2. The van der Waals surface area contributed by atoms with Crippen LogP contribution in [0.5, 0.6) is 0 Å². The van der Waals surface area contributed by atoms with Gasteiger partial charge >= 0.3 is 19.8 Å². The molecular weight excluding hydrogens is 1820 g/mol. The summed E-state index contributed by atoms with van der Waals surface area (Å²) >= 11 is 0. The van der Waals surface area contributed by atoms with Crippen LogP contribution in [-0.4, -0.2) is 342 Å². The Balaban J connectivity index is 1.89. The number of imidazole rings is 1. The lowest BCUT2D eigenvalue weighted by molar-refractivity contribution is -0.143. The van der Waals surface area contributed by atoms with E-state index in [4.69, 9.17) is 44.7 Å². The molecule has 55 nitrogen and oxygen atoms in total. The number of carboxylic acids is 2. The second-order valence-electron chi connectivity index (χ2n) is 33.3. The average molecular weight is 1960 g/mol. The van der Waals surface area contributed by atoms with Gasteiger partial charge in [0, 0.05) is 37.8 Å². The first-order valence-electron chi connectivity index (χ1n) is 45.0. The quantitative estimate of drug-likeness (QED) is 0.0125. The molecule has 0 saturated carbocycles. The summed E-state index contributed by atoms with van der Waals surface area (Å²) in [7, 11) is -5.57. The van der Waals surface area contributed by atoms with Crippen LogP contribution in [0.3, 0.4) is 0 Å². The minimum Gasteiger partial charge on any atom is -0.481 e. The fourth-order valence-corrected chi connectivity index (χ4v) is 14.8. The molecule has 2 fully saturated rings. The molecule has 0 radical (unpaired) electrons. The van der Waals surface area contributed by atoms with Gasteiger partial charge in [0.05, 0.1) is 44.2 Å². The van der Waals surface area contributed by atoms with Gasteiger partial charge in [-0.1, -0.05) is 13.8 Å². The number of aromatic nitrogens is 2. The van der Waals surface area contributed by atoms with Gasteiger partial charge in [-0.25, -0.2) is 14.3 Å². The molecule has 136 heavy (non-hydrogen) atoms. The second kappa shape index (κ2) is 61.3. The van der Waals surface area contributed by atoms with Crippen LogP contribution >= 0.6 is 7.82 Å².